The SMILES string of the molecule is CCn1c(C)nc2ccc(-c3ccn4nc(NCC5COC5)ncc34)nc21. The number of ether oxygens (including phenoxy) is 1. The second-order valence-electron chi connectivity index (χ2n) is 6.87. The Morgan fingerprint density at radius 2 is 2.11 bits per heavy atom. The summed E-state index contributed by atoms with van der Waals surface area (Å²) in [6, 6.07) is 6.06. The predicted molar refractivity (Wildman–Crippen MR) is 103 cm³/mol. The first-order valence-electron chi connectivity index (χ1n) is 9.23. The van der Waals surface area contributed by atoms with Crippen LogP contribution in [0.5, 0.6) is 0 Å². The zero-order valence-corrected chi connectivity index (χ0v) is 15.4. The molecule has 5 heterocycles. The van der Waals surface area contributed by atoms with Gasteiger partial charge in [0.25, 0.3) is 0 Å². The van der Waals surface area contributed by atoms with E-state index in [9.17, 15) is 0 Å². The lowest BCUT2D eigenvalue weighted by atomic mass is 10.1. The van der Waals surface area contributed by atoms with Gasteiger partial charge >= 0.3 is 0 Å². The summed E-state index contributed by atoms with van der Waals surface area (Å²) >= 11 is 0. The number of nitrogens with one attached hydrogen (secondary N) is 1. The molecule has 0 aromatic carbocycles. The first-order chi connectivity index (χ1) is 13.2. The molecule has 8 nitrogen and oxygen atoms in total. The van der Waals surface area contributed by atoms with Gasteiger partial charge in [0.1, 0.15) is 11.3 Å². The Morgan fingerprint density at radius 1 is 1.22 bits per heavy atom. The molecule has 0 aliphatic carbocycles. The summed E-state index contributed by atoms with van der Waals surface area (Å²) in [7, 11) is 0. The van der Waals surface area contributed by atoms with Crippen molar-refractivity contribution >= 4 is 22.6 Å². The number of imidazole rings is 1. The summed E-state index contributed by atoms with van der Waals surface area (Å²) in [4.78, 5) is 13.9. The minimum atomic E-state index is 0.548. The van der Waals surface area contributed by atoms with Gasteiger partial charge in [-0.25, -0.2) is 19.5 Å². The van der Waals surface area contributed by atoms with Crippen molar-refractivity contribution in [3.8, 4) is 11.3 Å². The van der Waals surface area contributed by atoms with Gasteiger partial charge in [-0.15, -0.1) is 5.10 Å². The Bertz CT molecular complexity index is 1130. The summed E-state index contributed by atoms with van der Waals surface area (Å²) in [5.41, 5.74) is 4.67. The molecule has 0 atom stereocenters. The lowest BCUT2D eigenvalue weighted by Crippen LogP contribution is -2.33. The highest BCUT2D eigenvalue weighted by atomic mass is 16.5. The van der Waals surface area contributed by atoms with Gasteiger partial charge in [0.2, 0.25) is 5.95 Å². The lowest BCUT2D eigenvalue weighted by molar-refractivity contribution is -0.0249. The van der Waals surface area contributed by atoms with Gasteiger partial charge in [-0.2, -0.15) is 0 Å². The molecule has 4 aromatic heterocycles. The highest BCUT2D eigenvalue weighted by Crippen LogP contribution is 2.26. The van der Waals surface area contributed by atoms with E-state index in [0.29, 0.717) is 11.9 Å². The molecular formula is C19H21N7O. The molecule has 1 aliphatic rings. The number of anilines is 1. The minimum Gasteiger partial charge on any atom is -0.381 e. The third-order valence-electron chi connectivity index (χ3n) is 5.05. The Kier molecular flexibility index (Phi) is 3.78. The minimum absolute atomic E-state index is 0.548. The van der Waals surface area contributed by atoms with Crippen LogP contribution in [0.1, 0.15) is 12.7 Å². The van der Waals surface area contributed by atoms with Crippen molar-refractivity contribution in [1.29, 1.82) is 0 Å². The summed E-state index contributed by atoms with van der Waals surface area (Å²) in [5, 5.41) is 7.84. The molecule has 1 saturated heterocycles. The second-order valence-corrected chi connectivity index (χ2v) is 6.87. The molecule has 0 spiro atoms. The molecule has 0 saturated carbocycles. The maximum Gasteiger partial charge on any atom is 0.241 e. The van der Waals surface area contributed by atoms with Gasteiger partial charge in [-0.05, 0) is 32.0 Å². The van der Waals surface area contributed by atoms with Crippen LogP contribution in [0.4, 0.5) is 5.95 Å². The molecule has 27 heavy (non-hydrogen) atoms. The number of aromatic nitrogens is 6. The van der Waals surface area contributed by atoms with Crippen molar-refractivity contribution in [1.82, 2.24) is 29.1 Å². The van der Waals surface area contributed by atoms with E-state index in [-0.39, 0.29) is 0 Å². The third-order valence-corrected chi connectivity index (χ3v) is 5.05. The molecular weight excluding hydrogens is 342 g/mol. The fraction of sp³-hybridized carbons (Fsp3) is 0.368. The van der Waals surface area contributed by atoms with Crippen molar-refractivity contribution in [2.24, 2.45) is 5.92 Å². The van der Waals surface area contributed by atoms with Crippen molar-refractivity contribution in [3.05, 3.63) is 36.4 Å². The van der Waals surface area contributed by atoms with Crippen LogP contribution < -0.4 is 5.32 Å². The van der Waals surface area contributed by atoms with E-state index in [1.807, 2.05) is 42.0 Å². The summed E-state index contributed by atoms with van der Waals surface area (Å²) in [6.07, 6.45) is 3.79. The number of rotatable bonds is 5. The molecule has 1 aliphatic heterocycles. The maximum atomic E-state index is 5.20. The van der Waals surface area contributed by atoms with Gasteiger partial charge in [0.15, 0.2) is 5.65 Å². The van der Waals surface area contributed by atoms with E-state index in [1.165, 1.54) is 0 Å². The fourth-order valence-corrected chi connectivity index (χ4v) is 3.48. The van der Waals surface area contributed by atoms with Crippen LogP contribution in [0.2, 0.25) is 0 Å². The Morgan fingerprint density at radius 3 is 2.89 bits per heavy atom. The third kappa shape index (κ3) is 2.73. The van der Waals surface area contributed by atoms with Crippen molar-refractivity contribution in [3.63, 3.8) is 0 Å². The Balaban J connectivity index is 1.50. The van der Waals surface area contributed by atoms with Crippen LogP contribution in [0, 0.1) is 12.8 Å². The van der Waals surface area contributed by atoms with Crippen LogP contribution in [0.3, 0.4) is 0 Å². The zero-order valence-electron chi connectivity index (χ0n) is 15.4. The number of fused-ring (bicyclic) bond motifs is 2. The van der Waals surface area contributed by atoms with Gasteiger partial charge in [0.05, 0.1) is 30.6 Å². The smallest absolute Gasteiger partial charge is 0.241 e. The molecule has 0 unspecified atom stereocenters. The topological polar surface area (TPSA) is 82.2 Å². The molecule has 4 aromatic rings. The summed E-state index contributed by atoms with van der Waals surface area (Å²) in [6.45, 7) is 7.42. The number of nitrogens with zero attached hydrogens (tertiary/aromatic N) is 6. The fourth-order valence-electron chi connectivity index (χ4n) is 3.48. The van der Waals surface area contributed by atoms with Gasteiger partial charge in [-0.1, -0.05) is 0 Å². The van der Waals surface area contributed by atoms with Crippen molar-refractivity contribution < 1.29 is 4.74 Å². The largest absolute Gasteiger partial charge is 0.381 e. The van der Waals surface area contributed by atoms with Crippen LogP contribution >= 0.6 is 0 Å². The normalized spacial score (nSPS) is 14.7. The average molecular weight is 363 g/mol. The summed E-state index contributed by atoms with van der Waals surface area (Å²) < 4.78 is 9.16. The van der Waals surface area contributed by atoms with Gasteiger partial charge in [0, 0.05) is 30.8 Å². The van der Waals surface area contributed by atoms with Crippen molar-refractivity contribution in [2.45, 2.75) is 20.4 Å². The molecule has 1 N–H and O–H groups in total. The number of hydrogen-bond donors (Lipinski definition) is 1. The lowest BCUT2D eigenvalue weighted by Gasteiger charge is -2.25. The zero-order chi connectivity index (χ0) is 18.4. The van der Waals surface area contributed by atoms with E-state index in [1.54, 1.807) is 0 Å². The molecule has 0 bridgehead atoms. The van der Waals surface area contributed by atoms with Gasteiger partial charge in [-0.3, -0.25) is 0 Å². The second kappa shape index (κ2) is 6.31. The van der Waals surface area contributed by atoms with E-state index in [4.69, 9.17) is 9.72 Å². The Labute approximate surface area is 156 Å². The Hall–Kier alpha value is -3.00. The maximum absolute atomic E-state index is 5.20. The van der Waals surface area contributed by atoms with E-state index in [2.05, 4.69) is 31.9 Å². The number of hydrogen-bond acceptors (Lipinski definition) is 6. The summed E-state index contributed by atoms with van der Waals surface area (Å²) in [5.74, 6) is 2.15. The van der Waals surface area contributed by atoms with Crippen molar-refractivity contribution in [2.75, 3.05) is 25.1 Å². The van der Waals surface area contributed by atoms with Crippen LogP contribution in [0.25, 0.3) is 27.9 Å². The first kappa shape index (κ1) is 16.2. The first-order valence-corrected chi connectivity index (χ1v) is 9.23. The van der Waals surface area contributed by atoms with E-state index < -0.39 is 0 Å². The van der Waals surface area contributed by atoms with E-state index >= 15 is 0 Å². The molecule has 5 rings (SSSR count). The molecule has 0 amide bonds. The predicted octanol–water partition coefficient (Wildman–Crippen LogP) is 2.53. The standard InChI is InChI=1S/C19H21N7O/c1-3-25-12(2)22-16-5-4-15(23-18(16)25)14-6-7-26-17(14)9-21-19(24-26)20-8-13-10-27-11-13/h4-7,9,13H,3,8,10-11H2,1-2H3,(H,20,24). The van der Waals surface area contributed by atoms with Crippen LogP contribution in [-0.4, -0.2) is 48.9 Å². The average Bonchev–Trinajstić information content (AvgIpc) is 3.19. The monoisotopic (exact) mass is 363 g/mol. The van der Waals surface area contributed by atoms with Crippen LogP contribution in [0.15, 0.2) is 30.6 Å². The molecule has 138 valence electrons. The molecule has 1 fully saturated rings. The quantitative estimate of drug-likeness (QED) is 0.587. The number of aryl methyl sites for hydroxylation is 2. The van der Waals surface area contributed by atoms with Gasteiger partial charge < -0.3 is 14.6 Å². The molecule has 0 radical (unpaired) electrons. The number of pyridine rings is 1. The highest BCUT2D eigenvalue weighted by molar-refractivity contribution is 5.82. The molecule has 8 heteroatoms. The highest BCUT2D eigenvalue weighted by Gasteiger charge is 2.18. The van der Waals surface area contributed by atoms with E-state index in [0.717, 1.165) is 60.1 Å². The van der Waals surface area contributed by atoms with Crippen LogP contribution in [-0.2, 0) is 11.3 Å².